The molecule has 0 bridgehead atoms. The van der Waals surface area contributed by atoms with Crippen molar-refractivity contribution in [1.29, 1.82) is 0 Å². The average molecular weight is 396 g/mol. The van der Waals surface area contributed by atoms with Gasteiger partial charge in [-0.05, 0) is 23.8 Å². The molecule has 2 aromatic carbocycles. The van der Waals surface area contributed by atoms with Crippen LogP contribution in [0.2, 0.25) is 5.02 Å². The summed E-state index contributed by atoms with van der Waals surface area (Å²) in [6.45, 7) is 2.64. The summed E-state index contributed by atoms with van der Waals surface area (Å²) in [5, 5.41) is 10.2. The van der Waals surface area contributed by atoms with Crippen molar-refractivity contribution in [2.24, 2.45) is 0 Å². The fraction of sp³-hybridized carbons (Fsp3) is 0.227. The van der Waals surface area contributed by atoms with Gasteiger partial charge in [-0.25, -0.2) is 0 Å². The third-order valence-electron chi connectivity index (χ3n) is 5.10. The number of rotatable bonds is 4. The summed E-state index contributed by atoms with van der Waals surface area (Å²) >= 11 is 6.10. The molecule has 2 heterocycles. The van der Waals surface area contributed by atoms with Gasteiger partial charge in [0.2, 0.25) is 0 Å². The molecule has 4 rings (SSSR count). The zero-order valence-corrected chi connectivity index (χ0v) is 16.2. The number of carbonyl (C=O) groups is 1. The second-order valence-corrected chi connectivity index (χ2v) is 7.30. The van der Waals surface area contributed by atoms with Crippen LogP contribution in [0.1, 0.15) is 10.4 Å². The molecule has 1 aromatic heterocycles. The number of nitrogens with zero attached hydrogens (tertiary/aromatic N) is 3. The number of aromatic nitrogens is 1. The van der Waals surface area contributed by atoms with Gasteiger partial charge < -0.3 is 19.5 Å². The number of anilines is 1. The fourth-order valence-electron chi connectivity index (χ4n) is 3.62. The molecule has 6 heteroatoms. The standard InChI is InChI=1S/C22H22ClN3O2/c23-18-7-4-8-19(13-18)25-9-11-26(12-10-25)22(28)21-15-24(16-27)14-20(21)17-5-2-1-3-6-17/h1-8,13-15,27H,9-12,16H2. The molecule has 0 atom stereocenters. The van der Waals surface area contributed by atoms with Crippen molar-refractivity contribution in [2.45, 2.75) is 6.73 Å². The number of piperazine rings is 1. The molecule has 1 amide bonds. The normalized spacial score (nSPS) is 14.4. The van der Waals surface area contributed by atoms with Crippen LogP contribution in [0.3, 0.4) is 0 Å². The van der Waals surface area contributed by atoms with Crippen LogP contribution in [0.5, 0.6) is 0 Å². The number of hydrogen-bond acceptors (Lipinski definition) is 3. The minimum absolute atomic E-state index is 0.00297. The van der Waals surface area contributed by atoms with Crippen molar-refractivity contribution in [2.75, 3.05) is 31.1 Å². The molecule has 1 N–H and O–H groups in total. The van der Waals surface area contributed by atoms with E-state index in [2.05, 4.69) is 4.90 Å². The Kier molecular flexibility index (Phi) is 5.37. The van der Waals surface area contributed by atoms with Gasteiger partial charge in [0.25, 0.3) is 5.91 Å². The first-order valence-electron chi connectivity index (χ1n) is 9.31. The highest BCUT2D eigenvalue weighted by atomic mass is 35.5. The van der Waals surface area contributed by atoms with Crippen LogP contribution in [-0.4, -0.2) is 46.7 Å². The van der Waals surface area contributed by atoms with Crippen molar-refractivity contribution in [3.8, 4) is 11.1 Å². The number of benzene rings is 2. The van der Waals surface area contributed by atoms with Crippen LogP contribution in [0, 0.1) is 0 Å². The molecule has 1 saturated heterocycles. The Morgan fingerprint density at radius 3 is 2.39 bits per heavy atom. The molecule has 1 aliphatic rings. The molecule has 1 aliphatic heterocycles. The van der Waals surface area contributed by atoms with Crippen molar-refractivity contribution >= 4 is 23.2 Å². The molecular formula is C22H22ClN3O2. The van der Waals surface area contributed by atoms with E-state index in [9.17, 15) is 9.90 Å². The van der Waals surface area contributed by atoms with Crippen LogP contribution in [0.15, 0.2) is 67.0 Å². The molecule has 0 aliphatic carbocycles. The molecule has 28 heavy (non-hydrogen) atoms. The lowest BCUT2D eigenvalue weighted by Gasteiger charge is -2.36. The first-order chi connectivity index (χ1) is 13.7. The average Bonchev–Trinajstić information content (AvgIpc) is 3.18. The van der Waals surface area contributed by atoms with Gasteiger partial charge in [-0.2, -0.15) is 0 Å². The van der Waals surface area contributed by atoms with Crippen molar-refractivity contribution in [1.82, 2.24) is 9.47 Å². The number of amides is 1. The predicted molar refractivity (Wildman–Crippen MR) is 112 cm³/mol. The molecule has 144 valence electrons. The summed E-state index contributed by atoms with van der Waals surface area (Å²) in [4.78, 5) is 17.3. The molecule has 3 aromatic rings. The quantitative estimate of drug-likeness (QED) is 0.732. The van der Waals surface area contributed by atoms with Gasteiger partial charge in [0.05, 0.1) is 5.56 Å². The molecule has 0 unspecified atom stereocenters. The van der Waals surface area contributed by atoms with E-state index in [1.807, 2.05) is 65.7 Å². The minimum atomic E-state index is -0.157. The van der Waals surface area contributed by atoms with Crippen molar-refractivity contribution < 1.29 is 9.90 Å². The van der Waals surface area contributed by atoms with Gasteiger partial charge in [0.15, 0.2) is 0 Å². The van der Waals surface area contributed by atoms with Gasteiger partial charge in [-0.1, -0.05) is 48.0 Å². The first-order valence-corrected chi connectivity index (χ1v) is 9.69. The Bertz CT molecular complexity index is 963. The zero-order valence-electron chi connectivity index (χ0n) is 15.5. The van der Waals surface area contributed by atoms with Crippen LogP contribution in [0.25, 0.3) is 11.1 Å². The minimum Gasteiger partial charge on any atom is -0.376 e. The Hall–Kier alpha value is -2.76. The lowest BCUT2D eigenvalue weighted by molar-refractivity contribution is 0.0747. The van der Waals surface area contributed by atoms with Gasteiger partial charge >= 0.3 is 0 Å². The molecule has 0 radical (unpaired) electrons. The summed E-state index contributed by atoms with van der Waals surface area (Å²) in [6, 6.07) is 17.6. The maximum absolute atomic E-state index is 13.2. The lowest BCUT2D eigenvalue weighted by atomic mass is 10.0. The number of aliphatic hydroxyl groups excluding tert-OH is 1. The van der Waals surface area contributed by atoms with Crippen LogP contribution >= 0.6 is 11.6 Å². The summed E-state index contributed by atoms with van der Waals surface area (Å²) in [6.07, 6.45) is 3.55. The fourth-order valence-corrected chi connectivity index (χ4v) is 3.80. The maximum atomic E-state index is 13.2. The molecule has 0 saturated carbocycles. The van der Waals surface area contributed by atoms with E-state index in [0.29, 0.717) is 23.7 Å². The summed E-state index contributed by atoms with van der Waals surface area (Å²) in [5.41, 5.74) is 3.51. The van der Waals surface area contributed by atoms with E-state index in [4.69, 9.17) is 11.6 Å². The van der Waals surface area contributed by atoms with Gasteiger partial charge in [-0.15, -0.1) is 0 Å². The van der Waals surface area contributed by atoms with Crippen LogP contribution in [-0.2, 0) is 6.73 Å². The van der Waals surface area contributed by atoms with Crippen LogP contribution in [0.4, 0.5) is 5.69 Å². The molecular weight excluding hydrogens is 374 g/mol. The largest absolute Gasteiger partial charge is 0.376 e. The lowest BCUT2D eigenvalue weighted by Crippen LogP contribution is -2.48. The van der Waals surface area contributed by atoms with E-state index >= 15 is 0 Å². The van der Waals surface area contributed by atoms with Crippen molar-refractivity contribution in [3.05, 3.63) is 77.6 Å². The SMILES string of the molecule is O=C(c1cn(CO)cc1-c1ccccc1)N1CCN(c2cccc(Cl)c2)CC1. The molecule has 5 nitrogen and oxygen atoms in total. The monoisotopic (exact) mass is 395 g/mol. The van der Waals surface area contributed by atoms with E-state index in [1.165, 1.54) is 0 Å². The Balaban J connectivity index is 1.52. The smallest absolute Gasteiger partial charge is 0.256 e. The van der Waals surface area contributed by atoms with Gasteiger partial charge in [-0.3, -0.25) is 4.79 Å². The summed E-state index contributed by atoms with van der Waals surface area (Å²) < 4.78 is 1.64. The highest BCUT2D eigenvalue weighted by molar-refractivity contribution is 6.30. The number of hydrogen-bond donors (Lipinski definition) is 1. The third kappa shape index (κ3) is 3.77. The number of halogens is 1. The highest BCUT2D eigenvalue weighted by Gasteiger charge is 2.25. The molecule has 1 fully saturated rings. The summed E-state index contributed by atoms with van der Waals surface area (Å²) in [5.74, 6) is -0.00297. The van der Waals surface area contributed by atoms with Gasteiger partial charge in [0.1, 0.15) is 6.73 Å². The first kappa shape index (κ1) is 18.6. The second kappa shape index (κ2) is 8.09. The number of aliphatic hydroxyl groups is 1. The van der Waals surface area contributed by atoms with E-state index in [1.54, 1.807) is 10.8 Å². The van der Waals surface area contributed by atoms with Crippen molar-refractivity contribution in [3.63, 3.8) is 0 Å². The predicted octanol–water partition coefficient (Wildman–Crippen LogP) is 3.72. The maximum Gasteiger partial charge on any atom is 0.256 e. The zero-order chi connectivity index (χ0) is 19.5. The van der Waals surface area contributed by atoms with E-state index in [-0.39, 0.29) is 12.6 Å². The van der Waals surface area contributed by atoms with Gasteiger partial charge in [0, 0.05) is 54.8 Å². The third-order valence-corrected chi connectivity index (χ3v) is 5.33. The Labute approximate surface area is 169 Å². The Morgan fingerprint density at radius 1 is 0.964 bits per heavy atom. The molecule has 0 spiro atoms. The summed E-state index contributed by atoms with van der Waals surface area (Å²) in [7, 11) is 0. The second-order valence-electron chi connectivity index (χ2n) is 6.87. The van der Waals surface area contributed by atoms with E-state index < -0.39 is 0 Å². The number of carbonyl (C=O) groups excluding carboxylic acids is 1. The van der Waals surface area contributed by atoms with E-state index in [0.717, 1.165) is 29.9 Å². The Morgan fingerprint density at radius 2 is 1.71 bits per heavy atom. The topological polar surface area (TPSA) is 48.7 Å². The highest BCUT2D eigenvalue weighted by Crippen LogP contribution is 2.27. The van der Waals surface area contributed by atoms with Crippen LogP contribution < -0.4 is 4.90 Å².